The number of carbonyl (C=O) groups excluding carboxylic acids is 1. The monoisotopic (exact) mass is 475 g/mol. The number of ether oxygens (including phenoxy) is 3. The average molecular weight is 476 g/mol. The highest BCUT2D eigenvalue weighted by molar-refractivity contribution is 7.17. The fourth-order valence-electron chi connectivity index (χ4n) is 3.33. The number of nitrogens with zero attached hydrogens (tertiary/aromatic N) is 4. The maximum Gasteiger partial charge on any atom is 0.295 e. The zero-order valence-electron chi connectivity index (χ0n) is 17.8. The maximum atomic E-state index is 13.1. The number of hydrogen-bond donors (Lipinski definition) is 1. The van der Waals surface area contributed by atoms with E-state index in [1.165, 1.54) is 19.5 Å². The Kier molecular flexibility index (Phi) is 6.83. The second-order valence-corrected chi connectivity index (χ2v) is 8.82. The predicted molar refractivity (Wildman–Crippen MR) is 121 cm³/mol. The van der Waals surface area contributed by atoms with Crippen molar-refractivity contribution < 1.29 is 19.0 Å². The minimum absolute atomic E-state index is 0.287. The molecule has 9 nitrogen and oxygen atoms in total. The van der Waals surface area contributed by atoms with Crippen LogP contribution in [0, 0.1) is 18.8 Å². The molecule has 1 saturated heterocycles. The number of rotatable bonds is 7. The molecule has 4 heterocycles. The van der Waals surface area contributed by atoms with E-state index in [0.29, 0.717) is 57.8 Å². The van der Waals surface area contributed by atoms with Crippen LogP contribution in [-0.2, 0) is 4.74 Å². The maximum absolute atomic E-state index is 13.1. The van der Waals surface area contributed by atoms with Gasteiger partial charge in [0, 0.05) is 35.5 Å². The first kappa shape index (κ1) is 22.4. The van der Waals surface area contributed by atoms with E-state index in [2.05, 4.69) is 32.4 Å². The predicted octanol–water partition coefficient (Wildman–Crippen LogP) is 3.88. The summed E-state index contributed by atoms with van der Waals surface area (Å²) in [6, 6.07) is 3.44. The highest BCUT2D eigenvalue weighted by Crippen LogP contribution is 2.34. The van der Waals surface area contributed by atoms with Crippen molar-refractivity contribution in [1.82, 2.24) is 20.2 Å². The van der Waals surface area contributed by atoms with Crippen molar-refractivity contribution >= 4 is 34.0 Å². The van der Waals surface area contributed by atoms with Crippen LogP contribution < -0.4 is 14.8 Å². The summed E-state index contributed by atoms with van der Waals surface area (Å²) in [6.45, 7) is 5.88. The van der Waals surface area contributed by atoms with Gasteiger partial charge in [-0.1, -0.05) is 23.6 Å². The summed E-state index contributed by atoms with van der Waals surface area (Å²) < 4.78 is 16.6. The zero-order chi connectivity index (χ0) is 22.7. The minimum atomic E-state index is -0.386. The van der Waals surface area contributed by atoms with Gasteiger partial charge >= 0.3 is 0 Å². The van der Waals surface area contributed by atoms with Crippen molar-refractivity contribution in [2.24, 2.45) is 11.8 Å². The molecule has 2 atom stereocenters. The van der Waals surface area contributed by atoms with Gasteiger partial charge < -0.3 is 14.2 Å². The number of carbonyl (C=O) groups is 1. The van der Waals surface area contributed by atoms with Gasteiger partial charge in [0.2, 0.25) is 5.13 Å². The number of pyridine rings is 2. The molecule has 4 rings (SSSR count). The number of aryl methyl sites for hydroxylation is 1. The van der Waals surface area contributed by atoms with Gasteiger partial charge in [-0.2, -0.15) is 0 Å². The largest absolute Gasteiger partial charge is 0.494 e. The summed E-state index contributed by atoms with van der Waals surface area (Å²) in [5.41, 5.74) is 2.33. The van der Waals surface area contributed by atoms with E-state index in [1.54, 1.807) is 12.1 Å². The Hall–Kier alpha value is -2.82. The van der Waals surface area contributed by atoms with Crippen LogP contribution in [0.15, 0.2) is 24.5 Å². The lowest BCUT2D eigenvalue weighted by molar-refractivity contribution is 0.102. The Balaban J connectivity index is 1.52. The van der Waals surface area contributed by atoms with Crippen LogP contribution in [0.1, 0.15) is 23.0 Å². The second kappa shape index (κ2) is 9.76. The second-order valence-electron chi connectivity index (χ2n) is 7.49. The first-order chi connectivity index (χ1) is 15.4. The molecule has 168 valence electrons. The van der Waals surface area contributed by atoms with E-state index in [9.17, 15) is 4.79 Å². The van der Waals surface area contributed by atoms with E-state index in [4.69, 9.17) is 25.8 Å². The van der Waals surface area contributed by atoms with Gasteiger partial charge in [0.15, 0.2) is 0 Å². The molecule has 1 fully saturated rings. The fraction of sp³-hybridized carbons (Fsp3) is 0.381. The van der Waals surface area contributed by atoms with Crippen LogP contribution >= 0.6 is 22.9 Å². The minimum Gasteiger partial charge on any atom is -0.494 e. The lowest BCUT2D eigenvalue weighted by atomic mass is 10.00. The smallest absolute Gasteiger partial charge is 0.295 e. The highest BCUT2D eigenvalue weighted by Gasteiger charge is 2.25. The van der Waals surface area contributed by atoms with Crippen molar-refractivity contribution in [3.8, 4) is 22.1 Å². The summed E-state index contributed by atoms with van der Waals surface area (Å²) in [7, 11) is 1.53. The Bertz CT molecular complexity index is 1130. The highest BCUT2D eigenvalue weighted by atomic mass is 35.5. The van der Waals surface area contributed by atoms with Crippen LogP contribution in [0.4, 0.5) is 5.13 Å². The summed E-state index contributed by atoms with van der Waals surface area (Å²) >= 11 is 7.25. The molecule has 0 aliphatic carbocycles. The van der Waals surface area contributed by atoms with Crippen LogP contribution in [0.2, 0.25) is 5.15 Å². The van der Waals surface area contributed by atoms with Crippen LogP contribution in [0.5, 0.6) is 10.9 Å². The number of anilines is 1. The van der Waals surface area contributed by atoms with Gasteiger partial charge in [-0.25, -0.2) is 4.98 Å². The Labute approximate surface area is 194 Å². The van der Waals surface area contributed by atoms with Gasteiger partial charge in [0.1, 0.15) is 10.9 Å². The third-order valence-electron chi connectivity index (χ3n) is 5.19. The Morgan fingerprint density at radius 1 is 1.25 bits per heavy atom. The van der Waals surface area contributed by atoms with Crippen LogP contribution in [0.25, 0.3) is 11.1 Å². The van der Waals surface area contributed by atoms with E-state index >= 15 is 0 Å². The molecule has 1 aliphatic rings. The van der Waals surface area contributed by atoms with E-state index in [1.807, 2.05) is 6.92 Å². The lowest BCUT2D eigenvalue weighted by Crippen LogP contribution is -2.17. The number of nitrogens with one attached hydrogen (secondary N) is 1. The molecule has 0 radical (unpaired) electrons. The molecule has 11 heteroatoms. The zero-order valence-corrected chi connectivity index (χ0v) is 19.4. The molecule has 0 unspecified atom stereocenters. The molecule has 0 bridgehead atoms. The van der Waals surface area contributed by atoms with Crippen LogP contribution in [0.3, 0.4) is 0 Å². The molecular formula is C21H22ClN5O4S. The number of aromatic nitrogens is 4. The summed E-state index contributed by atoms with van der Waals surface area (Å²) in [4.78, 5) is 21.4. The lowest BCUT2D eigenvalue weighted by Gasteiger charge is -2.13. The van der Waals surface area contributed by atoms with Crippen molar-refractivity contribution in [3.63, 3.8) is 0 Å². The topological polar surface area (TPSA) is 108 Å². The number of methoxy groups -OCH3 is 1. The molecule has 32 heavy (non-hydrogen) atoms. The average Bonchev–Trinajstić information content (AvgIpc) is 3.40. The van der Waals surface area contributed by atoms with E-state index in [-0.39, 0.29) is 11.1 Å². The van der Waals surface area contributed by atoms with Crippen molar-refractivity contribution in [2.75, 3.05) is 32.2 Å². The number of hydrogen-bond acceptors (Lipinski definition) is 9. The molecular weight excluding hydrogens is 454 g/mol. The SMILES string of the molecule is COc1cnc(Cl)cc1-c1cc(C)ncc1C(=O)Nc1nnc(OC[C@H]2COC[C@@H]2C)s1. The van der Waals surface area contributed by atoms with Gasteiger partial charge in [0.05, 0.1) is 32.1 Å². The molecule has 1 amide bonds. The van der Waals surface area contributed by atoms with Gasteiger partial charge in [-0.3, -0.25) is 15.1 Å². The standard InChI is InChI=1S/C21H22ClN5O4S/c1-11-8-30-9-13(11)10-31-21-27-26-20(32-21)25-19(28)16-6-23-12(2)4-14(16)15-5-18(22)24-7-17(15)29-3/h4-7,11,13H,8-10H2,1-3H3,(H,25,26,28)/t11-,13+/m0/s1. The van der Waals surface area contributed by atoms with Gasteiger partial charge in [-0.05, 0) is 36.3 Å². The normalized spacial score (nSPS) is 17.9. The number of amides is 1. The molecule has 3 aromatic rings. The molecule has 0 spiro atoms. The quantitative estimate of drug-likeness (QED) is 0.513. The summed E-state index contributed by atoms with van der Waals surface area (Å²) in [5.74, 6) is 0.863. The van der Waals surface area contributed by atoms with Gasteiger partial charge in [0.25, 0.3) is 11.1 Å². The van der Waals surface area contributed by atoms with Crippen molar-refractivity contribution in [2.45, 2.75) is 13.8 Å². The molecule has 0 saturated carbocycles. The molecule has 1 aliphatic heterocycles. The third-order valence-corrected chi connectivity index (χ3v) is 6.15. The van der Waals surface area contributed by atoms with E-state index < -0.39 is 0 Å². The van der Waals surface area contributed by atoms with Gasteiger partial charge in [-0.15, -0.1) is 5.10 Å². The van der Waals surface area contributed by atoms with Crippen molar-refractivity contribution in [3.05, 3.63) is 40.9 Å². The van der Waals surface area contributed by atoms with Crippen molar-refractivity contribution in [1.29, 1.82) is 0 Å². The third kappa shape index (κ3) is 4.98. The Morgan fingerprint density at radius 2 is 2.09 bits per heavy atom. The molecule has 0 aromatic carbocycles. The molecule has 3 aromatic heterocycles. The summed E-state index contributed by atoms with van der Waals surface area (Å²) in [6.07, 6.45) is 3.02. The van der Waals surface area contributed by atoms with E-state index in [0.717, 1.165) is 23.6 Å². The first-order valence-corrected chi connectivity index (χ1v) is 11.2. The molecule has 1 N–H and O–H groups in total. The van der Waals surface area contributed by atoms with Crippen LogP contribution in [-0.4, -0.2) is 53.0 Å². The first-order valence-electron chi connectivity index (χ1n) is 9.96. The number of halogens is 1. The fourth-order valence-corrected chi connectivity index (χ4v) is 4.09. The Morgan fingerprint density at radius 3 is 2.84 bits per heavy atom. The summed E-state index contributed by atoms with van der Waals surface area (Å²) in [5, 5.41) is 11.8.